The normalized spacial score (nSPS) is 12.7. The average molecular weight is 396 g/mol. The lowest BCUT2D eigenvalue weighted by Gasteiger charge is -2.04. The Bertz CT molecular complexity index is 450. The first-order chi connectivity index (χ1) is 13.7. The molecule has 0 aromatic heterocycles. The first-order valence-electron chi connectivity index (χ1n) is 11.0. The van der Waals surface area contributed by atoms with Crippen molar-refractivity contribution in [2.75, 3.05) is 13.7 Å². The maximum atomic E-state index is 11.6. The van der Waals surface area contributed by atoms with Crippen LogP contribution in [0, 0.1) is 0 Å². The molecule has 1 unspecified atom stereocenters. The van der Waals surface area contributed by atoms with Crippen LogP contribution < -0.4 is 5.73 Å². The number of hydrogen-bond acceptors (Lipinski definition) is 5. The van der Waals surface area contributed by atoms with Gasteiger partial charge in [-0.05, 0) is 32.1 Å². The molecule has 6 nitrogen and oxygen atoms in total. The summed E-state index contributed by atoms with van der Waals surface area (Å²) in [5, 5.41) is 7.23. The molecule has 0 fully saturated rings. The topological polar surface area (TPSA) is 94.1 Å². The zero-order valence-electron chi connectivity index (χ0n) is 18.0. The first-order valence-corrected chi connectivity index (χ1v) is 11.0. The van der Waals surface area contributed by atoms with Gasteiger partial charge in [0.15, 0.2) is 6.04 Å². The lowest BCUT2D eigenvalue weighted by Crippen LogP contribution is -2.28. The maximum absolute atomic E-state index is 11.6. The van der Waals surface area contributed by atoms with Crippen molar-refractivity contribution in [1.82, 2.24) is 0 Å². The Morgan fingerprint density at radius 3 is 1.96 bits per heavy atom. The van der Waals surface area contributed by atoms with Crippen molar-refractivity contribution in [1.29, 1.82) is 0 Å². The number of unbranched alkanes of at least 4 members (excludes halogenated alkanes) is 11. The van der Waals surface area contributed by atoms with Gasteiger partial charge in [-0.15, -0.1) is 5.11 Å². The van der Waals surface area contributed by atoms with E-state index in [9.17, 15) is 9.59 Å². The molecule has 1 atom stereocenters. The molecule has 162 valence electrons. The van der Waals surface area contributed by atoms with Gasteiger partial charge in [0, 0.05) is 13.0 Å². The number of nitrogens with two attached hydrogens (primary N) is 1. The number of azo groups is 1. The first kappa shape index (κ1) is 26.4. The van der Waals surface area contributed by atoms with E-state index in [4.69, 9.17) is 5.73 Å². The van der Waals surface area contributed by atoms with Gasteiger partial charge in [0.2, 0.25) is 0 Å². The largest absolute Gasteiger partial charge is 0.467 e. The molecule has 0 aliphatic rings. The van der Waals surface area contributed by atoms with Crippen LogP contribution in [0.3, 0.4) is 0 Å². The molecule has 0 radical (unpaired) electrons. The fraction of sp³-hybridized carbons (Fsp3) is 0.818. The number of allylic oxidation sites excluding steroid dienone is 2. The maximum Gasteiger partial charge on any atom is 0.333 e. The van der Waals surface area contributed by atoms with Crippen LogP contribution in [-0.4, -0.2) is 31.6 Å². The molecule has 0 aromatic carbocycles. The van der Waals surface area contributed by atoms with E-state index in [1.165, 1.54) is 64.9 Å². The van der Waals surface area contributed by atoms with Crippen LogP contribution in [0.15, 0.2) is 22.4 Å². The fourth-order valence-electron chi connectivity index (χ4n) is 2.86. The molecule has 0 aliphatic heterocycles. The highest BCUT2D eigenvalue weighted by Gasteiger charge is 2.16. The molecule has 0 aromatic rings. The highest BCUT2D eigenvalue weighted by atomic mass is 16.5. The number of nitrogens with zero attached hydrogens (tertiary/aromatic N) is 2. The summed E-state index contributed by atoms with van der Waals surface area (Å²) in [4.78, 5) is 22.9. The molecule has 0 bridgehead atoms. The summed E-state index contributed by atoms with van der Waals surface area (Å²) in [7, 11) is 1.26. The van der Waals surface area contributed by atoms with E-state index in [1.54, 1.807) is 0 Å². The second kappa shape index (κ2) is 20.2. The Kier molecular flexibility index (Phi) is 19.1. The number of esters is 1. The molecule has 0 spiro atoms. The molecule has 0 rings (SSSR count). The van der Waals surface area contributed by atoms with Crippen molar-refractivity contribution >= 4 is 11.9 Å². The van der Waals surface area contributed by atoms with Crippen LogP contribution >= 0.6 is 0 Å². The third-order valence-electron chi connectivity index (χ3n) is 4.66. The highest BCUT2D eigenvalue weighted by molar-refractivity contribution is 5.78. The Hall–Kier alpha value is -1.56. The van der Waals surface area contributed by atoms with Crippen LogP contribution in [-0.2, 0) is 14.3 Å². The summed E-state index contributed by atoms with van der Waals surface area (Å²) < 4.78 is 4.54. The molecule has 28 heavy (non-hydrogen) atoms. The summed E-state index contributed by atoms with van der Waals surface area (Å²) in [5.74, 6) is -0.875. The molecule has 2 N–H and O–H groups in total. The quantitative estimate of drug-likeness (QED) is 0.143. The van der Waals surface area contributed by atoms with Crippen LogP contribution in [0.2, 0.25) is 0 Å². The lowest BCUT2D eigenvalue weighted by atomic mass is 10.1. The second-order valence-electron chi connectivity index (χ2n) is 7.22. The Morgan fingerprint density at radius 1 is 0.893 bits per heavy atom. The van der Waals surface area contributed by atoms with Crippen LogP contribution in [0.1, 0.15) is 96.8 Å². The summed E-state index contributed by atoms with van der Waals surface area (Å²) >= 11 is 0. The number of hydrogen-bond donors (Lipinski definition) is 1. The van der Waals surface area contributed by atoms with E-state index in [0.717, 1.165) is 25.7 Å². The minimum atomic E-state index is -0.886. The average Bonchev–Trinajstić information content (AvgIpc) is 2.71. The Labute approximate surface area is 171 Å². The fourth-order valence-corrected chi connectivity index (χ4v) is 2.86. The number of amides is 1. The zero-order valence-corrected chi connectivity index (χ0v) is 18.0. The SMILES string of the molecule is CCCCCCCC/C=C\CCCCCCCC(=O)N=NC(CN)C(=O)OC. The number of methoxy groups -OCH3 is 1. The van der Waals surface area contributed by atoms with Gasteiger partial charge in [-0.1, -0.05) is 70.4 Å². The standard InChI is InChI=1S/C22H41N3O3/c1-3-4-5-6-7-8-9-10-11-12-13-14-15-16-17-18-21(26)25-24-20(19-23)22(27)28-2/h10-11,20H,3-9,12-19,23H2,1-2H3/b11-10-,25-24?. The summed E-state index contributed by atoms with van der Waals surface area (Å²) in [6.45, 7) is 2.23. The van der Waals surface area contributed by atoms with Gasteiger partial charge < -0.3 is 10.5 Å². The van der Waals surface area contributed by atoms with Gasteiger partial charge in [0.1, 0.15) is 0 Å². The van der Waals surface area contributed by atoms with Crippen molar-refractivity contribution in [2.24, 2.45) is 16.0 Å². The van der Waals surface area contributed by atoms with Crippen LogP contribution in [0.5, 0.6) is 0 Å². The van der Waals surface area contributed by atoms with E-state index in [0.29, 0.717) is 6.42 Å². The summed E-state index contributed by atoms with van der Waals surface area (Å²) in [6.07, 6.45) is 20.8. The number of carbonyl (C=O) groups excluding carboxylic acids is 2. The molecule has 0 aliphatic carbocycles. The van der Waals surface area contributed by atoms with E-state index in [2.05, 4.69) is 34.0 Å². The van der Waals surface area contributed by atoms with Crippen molar-refractivity contribution in [3.63, 3.8) is 0 Å². The lowest BCUT2D eigenvalue weighted by molar-refractivity contribution is -0.141. The van der Waals surface area contributed by atoms with Crippen molar-refractivity contribution in [3.05, 3.63) is 12.2 Å². The number of carbonyl (C=O) groups is 2. The van der Waals surface area contributed by atoms with Crippen LogP contribution in [0.25, 0.3) is 0 Å². The minimum absolute atomic E-state index is 0.0170. The molecule has 6 heteroatoms. The summed E-state index contributed by atoms with van der Waals surface area (Å²) in [5.41, 5.74) is 5.40. The zero-order chi connectivity index (χ0) is 20.9. The molecular weight excluding hydrogens is 354 g/mol. The van der Waals surface area contributed by atoms with Gasteiger partial charge in [-0.3, -0.25) is 4.79 Å². The van der Waals surface area contributed by atoms with Gasteiger partial charge in [-0.25, -0.2) is 4.79 Å². The van der Waals surface area contributed by atoms with E-state index >= 15 is 0 Å². The predicted molar refractivity (Wildman–Crippen MR) is 114 cm³/mol. The Morgan fingerprint density at radius 2 is 1.43 bits per heavy atom. The van der Waals surface area contributed by atoms with Crippen molar-refractivity contribution in [3.8, 4) is 0 Å². The monoisotopic (exact) mass is 395 g/mol. The number of rotatable bonds is 18. The third-order valence-corrected chi connectivity index (χ3v) is 4.66. The minimum Gasteiger partial charge on any atom is -0.467 e. The molecule has 0 saturated carbocycles. The van der Waals surface area contributed by atoms with Gasteiger partial charge in [0.05, 0.1) is 7.11 Å². The van der Waals surface area contributed by atoms with Gasteiger partial charge in [-0.2, -0.15) is 5.11 Å². The smallest absolute Gasteiger partial charge is 0.333 e. The van der Waals surface area contributed by atoms with Gasteiger partial charge >= 0.3 is 5.97 Å². The molecule has 0 saturated heterocycles. The molecule has 0 heterocycles. The van der Waals surface area contributed by atoms with E-state index in [-0.39, 0.29) is 12.5 Å². The summed E-state index contributed by atoms with van der Waals surface area (Å²) in [6, 6.07) is -0.886. The number of ether oxygens (including phenoxy) is 1. The van der Waals surface area contributed by atoms with E-state index in [1.807, 2.05) is 0 Å². The molecular formula is C22H41N3O3. The van der Waals surface area contributed by atoms with Crippen molar-refractivity contribution in [2.45, 2.75) is 103 Å². The second-order valence-corrected chi connectivity index (χ2v) is 7.22. The Balaban J connectivity index is 3.50. The predicted octanol–water partition coefficient (Wildman–Crippen LogP) is 5.50. The highest BCUT2D eigenvalue weighted by Crippen LogP contribution is 2.10. The van der Waals surface area contributed by atoms with Crippen LogP contribution in [0.4, 0.5) is 0 Å². The van der Waals surface area contributed by atoms with E-state index < -0.39 is 12.0 Å². The third kappa shape index (κ3) is 16.6. The molecule has 1 amide bonds. The van der Waals surface area contributed by atoms with Gasteiger partial charge in [0.25, 0.3) is 5.91 Å². The van der Waals surface area contributed by atoms with Crippen molar-refractivity contribution < 1.29 is 14.3 Å².